The molecule has 0 spiro atoms. The molecule has 2 aromatic rings. The fraction of sp³-hybridized carbons (Fsp3) is 0.519. The fourth-order valence-electron chi connectivity index (χ4n) is 10.7. The predicted molar refractivity (Wildman–Crippen MR) is 260 cm³/mol. The minimum absolute atomic E-state index is 0.0375. The number of carbonyl (C=O) groups is 3. The summed E-state index contributed by atoms with van der Waals surface area (Å²) < 4.78 is 22.1. The van der Waals surface area contributed by atoms with Gasteiger partial charge in [-0.3, -0.25) is 19.3 Å². The third-order valence-corrected chi connectivity index (χ3v) is 14.9. The van der Waals surface area contributed by atoms with Crippen LogP contribution in [0.4, 0.5) is 0 Å². The number of hydrogen-bond donors (Lipinski definition) is 9. The molecule has 6 aliphatic rings. The summed E-state index contributed by atoms with van der Waals surface area (Å²) in [7, 11) is 1.33. The van der Waals surface area contributed by atoms with E-state index in [1.54, 1.807) is 12.2 Å². The molecule has 19 heteroatoms. The molecule has 0 aromatic carbocycles. The number of esters is 1. The second-order valence-electron chi connectivity index (χ2n) is 19.1. The van der Waals surface area contributed by atoms with Crippen LogP contribution in [0.1, 0.15) is 139 Å². The van der Waals surface area contributed by atoms with Gasteiger partial charge in [0.05, 0.1) is 72.4 Å². The Morgan fingerprint density at radius 1 is 0.803 bits per heavy atom. The summed E-state index contributed by atoms with van der Waals surface area (Å²) in [6, 6.07) is 5.95. The Morgan fingerprint density at radius 2 is 1.42 bits per heavy atom. The molecule has 6 aliphatic heterocycles. The van der Waals surface area contributed by atoms with Crippen LogP contribution in [0.15, 0.2) is 42.5 Å². The van der Waals surface area contributed by atoms with Crippen molar-refractivity contribution in [2.45, 2.75) is 147 Å². The van der Waals surface area contributed by atoms with Crippen LogP contribution in [0.5, 0.6) is 0 Å². The van der Waals surface area contributed by atoms with Crippen molar-refractivity contribution in [2.75, 3.05) is 26.9 Å². The highest BCUT2D eigenvalue weighted by molar-refractivity contribution is 6.23. The molecular formula is C52H65N5O14. The largest absolute Gasteiger partial charge is 0.469 e. The van der Waals surface area contributed by atoms with E-state index in [4.69, 9.17) is 28.9 Å². The number of hydrogen-bond acceptors (Lipinski definition) is 16. The van der Waals surface area contributed by atoms with Gasteiger partial charge in [0.2, 0.25) is 0 Å². The number of fused-ring (bicyclic) bond motifs is 8. The molecule has 8 rings (SSSR count). The van der Waals surface area contributed by atoms with E-state index in [2.05, 4.69) is 30.4 Å². The number of ether oxygens (including phenoxy) is 4. The number of aliphatic hydroxyl groups excluding tert-OH is 7. The highest BCUT2D eigenvalue weighted by atomic mass is 16.7. The number of aryl methyl sites for hydroxylation is 1. The Bertz CT molecular complexity index is 2770. The van der Waals surface area contributed by atoms with Crippen molar-refractivity contribution in [2.24, 2.45) is 0 Å². The zero-order valence-electron chi connectivity index (χ0n) is 41.0. The van der Waals surface area contributed by atoms with Crippen LogP contribution in [0.3, 0.4) is 0 Å². The van der Waals surface area contributed by atoms with Gasteiger partial charge in [-0.05, 0) is 98.1 Å². The van der Waals surface area contributed by atoms with Crippen LogP contribution in [-0.4, -0.2) is 166 Å². The first kappa shape index (κ1) is 51.9. The van der Waals surface area contributed by atoms with Crippen molar-refractivity contribution in [3.05, 3.63) is 93.4 Å². The Kier molecular flexibility index (Phi) is 15.3. The molecule has 2 fully saturated rings. The first-order valence-electron chi connectivity index (χ1n) is 24.2. The van der Waals surface area contributed by atoms with E-state index in [-0.39, 0.29) is 36.8 Å². The summed E-state index contributed by atoms with van der Waals surface area (Å²) in [5.74, 6) is -2.17. The normalized spacial score (nSPS) is 29.4. The third-order valence-electron chi connectivity index (χ3n) is 14.9. The molecule has 19 nitrogen and oxygen atoms in total. The number of aromatic amines is 2. The van der Waals surface area contributed by atoms with Gasteiger partial charge < -0.3 is 64.7 Å². The first-order chi connectivity index (χ1) is 33.9. The van der Waals surface area contributed by atoms with Crippen molar-refractivity contribution in [3.63, 3.8) is 0 Å². The molecule has 2 amide bonds. The maximum Gasteiger partial charge on any atom is 0.305 e. The van der Waals surface area contributed by atoms with Gasteiger partial charge in [-0.1, -0.05) is 39.5 Å². The van der Waals surface area contributed by atoms with Crippen LogP contribution >= 0.6 is 0 Å². The zero-order valence-corrected chi connectivity index (χ0v) is 41.0. The van der Waals surface area contributed by atoms with Crippen molar-refractivity contribution >= 4 is 51.1 Å². The second-order valence-corrected chi connectivity index (χ2v) is 19.1. The number of nitrogens with zero attached hydrogens (tertiary/aromatic N) is 3. The molecular weight excluding hydrogens is 919 g/mol. The average molecular weight is 984 g/mol. The molecule has 0 radical (unpaired) electrons. The molecule has 2 saturated heterocycles. The number of rotatable bonds is 14. The van der Waals surface area contributed by atoms with Gasteiger partial charge in [-0.25, -0.2) is 9.97 Å². The van der Waals surface area contributed by atoms with Crippen molar-refractivity contribution in [3.8, 4) is 0 Å². The summed E-state index contributed by atoms with van der Waals surface area (Å²) in [6.45, 7) is 14.6. The number of nitrogens with one attached hydrogen (secondary N) is 2. The molecule has 0 unspecified atom stereocenters. The molecule has 8 bridgehead atoms. The molecule has 9 N–H and O–H groups in total. The summed E-state index contributed by atoms with van der Waals surface area (Å²) in [5.41, 5.74) is 11.0. The topological polar surface area (TPSA) is 290 Å². The maximum absolute atomic E-state index is 15.2. The number of H-pyrrole nitrogens is 2. The van der Waals surface area contributed by atoms with Gasteiger partial charge in [-0.15, -0.1) is 0 Å². The minimum Gasteiger partial charge on any atom is -0.469 e. The third kappa shape index (κ3) is 9.44. The molecule has 382 valence electrons. The van der Waals surface area contributed by atoms with E-state index in [0.29, 0.717) is 46.3 Å². The van der Waals surface area contributed by atoms with Crippen molar-refractivity contribution < 1.29 is 69.1 Å². The van der Waals surface area contributed by atoms with E-state index < -0.39 is 92.2 Å². The molecule has 2 aromatic heterocycles. The predicted octanol–water partition coefficient (Wildman–Crippen LogP) is 3.63. The molecule has 0 aliphatic carbocycles. The Morgan fingerprint density at radius 3 is 2.06 bits per heavy atom. The average Bonchev–Trinajstić information content (AvgIpc) is 4.04. The highest BCUT2D eigenvalue weighted by Gasteiger charge is 2.50. The lowest BCUT2D eigenvalue weighted by Crippen LogP contribution is -2.64. The number of imide groups is 1. The smallest absolute Gasteiger partial charge is 0.305 e. The van der Waals surface area contributed by atoms with Gasteiger partial charge in [0, 0.05) is 35.2 Å². The Balaban J connectivity index is 1.14. The second kappa shape index (κ2) is 21.0. The van der Waals surface area contributed by atoms with Crippen LogP contribution in [0, 0.1) is 6.92 Å². The molecule has 0 saturated carbocycles. The first-order valence-corrected chi connectivity index (χ1v) is 24.2. The Hall–Kier alpha value is -5.45. The molecule has 71 heavy (non-hydrogen) atoms. The van der Waals surface area contributed by atoms with Crippen LogP contribution in [0.25, 0.3) is 33.3 Å². The van der Waals surface area contributed by atoms with Gasteiger partial charge >= 0.3 is 5.97 Å². The Labute approximate surface area is 410 Å². The molecule has 12 atom stereocenters. The van der Waals surface area contributed by atoms with Crippen LogP contribution < -0.4 is 0 Å². The minimum atomic E-state index is -1.80. The summed E-state index contributed by atoms with van der Waals surface area (Å²) in [5, 5.41) is 73.1. The number of aromatic nitrogens is 4. The lowest BCUT2D eigenvalue weighted by Gasteiger charge is -2.46. The van der Waals surface area contributed by atoms with E-state index >= 15 is 4.79 Å². The van der Waals surface area contributed by atoms with Crippen molar-refractivity contribution in [1.29, 1.82) is 0 Å². The van der Waals surface area contributed by atoms with E-state index in [1.165, 1.54) is 7.11 Å². The number of methoxy groups -OCH3 is 1. The van der Waals surface area contributed by atoms with Gasteiger partial charge in [0.1, 0.15) is 48.8 Å². The fourth-order valence-corrected chi connectivity index (χ4v) is 10.7. The monoisotopic (exact) mass is 983 g/mol. The van der Waals surface area contributed by atoms with E-state index in [0.717, 1.165) is 62.1 Å². The lowest BCUT2D eigenvalue weighted by molar-refractivity contribution is -0.341. The summed E-state index contributed by atoms with van der Waals surface area (Å²) >= 11 is 0. The zero-order chi connectivity index (χ0) is 51.3. The summed E-state index contributed by atoms with van der Waals surface area (Å²) in [6.07, 6.45) is -10.4. The number of aliphatic hydroxyl groups is 7. The number of amides is 2. The standard InChI is InChI=1S/C52H65N5O14/c1-9-27-23(4)30-16-32-25(6)29(14-15-39(60)68-8)42(55-32)41-43-40(26(7)33(56-43)18-35-28(10-2)24(5)31(54-35)17-34(27)53-30)50(66)57(51(41)67)19-22(3)12-11-13-36-44(61)47(64)49(38(21-59)69-36)71-52-48(65)46(63)45(62)37(20-58)70-52/h11-12,16-18,25,29,36-38,44-49,52,55-56,58-59,61-65H,3,9-10,13-15,19-21H2,1-2,4-8H3/b12-11+,32-16?,34-17?,35-18?,42-41?/t25-,29-,36-,37+,38+,44-,45-,46-,47+,48+,49+,52-/m0/s1. The quantitative estimate of drug-likeness (QED) is 0.0742. The van der Waals surface area contributed by atoms with Gasteiger partial charge in [0.15, 0.2) is 6.29 Å². The highest BCUT2D eigenvalue weighted by Crippen LogP contribution is 2.45. The van der Waals surface area contributed by atoms with E-state index in [1.807, 2.05) is 45.9 Å². The number of carbonyl (C=O) groups excluding carboxylic acids is 3. The lowest BCUT2D eigenvalue weighted by atomic mass is 9.84. The summed E-state index contributed by atoms with van der Waals surface area (Å²) in [4.78, 5) is 61.1. The van der Waals surface area contributed by atoms with Gasteiger partial charge in [0.25, 0.3) is 11.8 Å². The SMILES string of the molecule is C=C(/C=C/C[C@@H]1O[C@H](CO)[C@@H](O[C@@H]2O[C@H](CO)[C@H](O)[C@H](O)[C@H]2O)[C@H](O)[C@H]1O)CN1C(=O)c2c3[nH]c(cc4nc(cc5nc(cc6[nH]c2c(c6C)C1=O)C(CC)=C5C)C(CC)=C4C)[C@@H](C)[C@@H]3CCC(=O)OC. The number of allylic oxidation sites excluding steroid dienone is 4. The van der Waals surface area contributed by atoms with E-state index in [9.17, 15) is 45.3 Å². The maximum atomic E-state index is 15.2. The van der Waals surface area contributed by atoms with Gasteiger partial charge in [-0.2, -0.15) is 0 Å². The van der Waals surface area contributed by atoms with Crippen LogP contribution in [-0.2, 0) is 23.7 Å². The van der Waals surface area contributed by atoms with Crippen molar-refractivity contribution in [1.82, 2.24) is 24.8 Å². The molecule has 8 heterocycles. The van der Waals surface area contributed by atoms with Crippen LogP contribution in [0.2, 0.25) is 0 Å².